The molecule has 0 atom stereocenters. The van der Waals surface area contributed by atoms with E-state index >= 15 is 0 Å². The van der Waals surface area contributed by atoms with Crippen LogP contribution in [0.3, 0.4) is 0 Å². The van der Waals surface area contributed by atoms with Crippen LogP contribution in [0.25, 0.3) is 11.6 Å². The zero-order chi connectivity index (χ0) is 23.0. The molecule has 1 saturated carbocycles. The number of fused-ring (bicyclic) bond motifs is 1. The molecule has 4 rings (SSSR count). The van der Waals surface area contributed by atoms with Crippen LogP contribution in [0.5, 0.6) is 0 Å². The van der Waals surface area contributed by atoms with Gasteiger partial charge >= 0.3 is 6.11 Å². The van der Waals surface area contributed by atoms with Gasteiger partial charge < -0.3 is 9.47 Å². The Morgan fingerprint density at radius 2 is 1.44 bits per heavy atom. The number of rotatable bonds is 6. The number of benzene rings is 2. The van der Waals surface area contributed by atoms with E-state index in [1.165, 1.54) is 6.08 Å². The lowest BCUT2D eigenvalue weighted by atomic mass is 9.94. The molecule has 2 aliphatic carbocycles. The highest BCUT2D eigenvalue weighted by molar-refractivity contribution is 5.89. The maximum atomic E-state index is 14.8. The van der Waals surface area contributed by atoms with Crippen molar-refractivity contribution in [1.29, 1.82) is 0 Å². The molecule has 0 spiro atoms. The van der Waals surface area contributed by atoms with Gasteiger partial charge in [-0.05, 0) is 80.0 Å². The van der Waals surface area contributed by atoms with Gasteiger partial charge in [0.05, 0.1) is 17.8 Å². The van der Waals surface area contributed by atoms with Gasteiger partial charge in [0.15, 0.2) is 11.6 Å². The van der Waals surface area contributed by atoms with E-state index in [1.54, 1.807) is 0 Å². The molecular formula is C24H22F6O2. The van der Waals surface area contributed by atoms with Crippen molar-refractivity contribution in [2.45, 2.75) is 57.3 Å². The Labute approximate surface area is 181 Å². The zero-order valence-electron chi connectivity index (χ0n) is 17.4. The van der Waals surface area contributed by atoms with E-state index in [2.05, 4.69) is 0 Å². The van der Waals surface area contributed by atoms with Gasteiger partial charge in [0.2, 0.25) is 0 Å². The fraction of sp³-hybridized carbons (Fsp3) is 0.417. The van der Waals surface area contributed by atoms with Gasteiger partial charge in [-0.2, -0.15) is 8.78 Å². The maximum Gasteiger partial charge on any atom is 0.383 e. The summed E-state index contributed by atoms with van der Waals surface area (Å²) in [6.07, 6.45) is -1.46. The van der Waals surface area contributed by atoms with Crippen molar-refractivity contribution in [3.63, 3.8) is 0 Å². The molecule has 2 aliphatic rings. The number of halogens is 6. The van der Waals surface area contributed by atoms with Crippen LogP contribution in [-0.2, 0) is 22.0 Å². The summed E-state index contributed by atoms with van der Waals surface area (Å²) in [6.45, 7) is 2.41. The number of hydrogen-bond donors (Lipinski definition) is 0. The molecule has 2 aromatic rings. The molecular weight excluding hydrogens is 434 g/mol. The summed E-state index contributed by atoms with van der Waals surface area (Å²) < 4.78 is 96.2. The average Bonchev–Trinajstić information content (AvgIpc) is 3.11. The molecule has 2 aromatic carbocycles. The monoisotopic (exact) mass is 456 g/mol. The Hall–Kier alpha value is -2.32. The fourth-order valence-corrected chi connectivity index (χ4v) is 4.37. The number of hydrogen-bond acceptors (Lipinski definition) is 2. The fourth-order valence-electron chi connectivity index (χ4n) is 4.37. The third-order valence-corrected chi connectivity index (χ3v) is 5.93. The van der Waals surface area contributed by atoms with E-state index in [4.69, 9.17) is 9.47 Å². The van der Waals surface area contributed by atoms with Crippen molar-refractivity contribution < 1.29 is 35.8 Å². The quantitative estimate of drug-likeness (QED) is 0.448. The average molecular weight is 456 g/mol. The summed E-state index contributed by atoms with van der Waals surface area (Å²) in [5, 5.41) is 0. The molecule has 0 bridgehead atoms. The van der Waals surface area contributed by atoms with Gasteiger partial charge in [-0.3, -0.25) is 0 Å². The lowest BCUT2D eigenvalue weighted by molar-refractivity contribution is -0.279. The highest BCUT2D eigenvalue weighted by Gasteiger charge is 2.39. The molecule has 8 heteroatoms. The highest BCUT2D eigenvalue weighted by atomic mass is 19.3. The largest absolute Gasteiger partial charge is 0.383 e. The first-order chi connectivity index (χ1) is 15.2. The van der Waals surface area contributed by atoms with E-state index in [0.29, 0.717) is 50.0 Å². The van der Waals surface area contributed by atoms with Crippen LogP contribution in [0.1, 0.15) is 54.9 Å². The lowest BCUT2D eigenvalue weighted by Crippen LogP contribution is -2.32. The first kappa shape index (κ1) is 22.9. The Morgan fingerprint density at radius 1 is 0.844 bits per heavy atom. The summed E-state index contributed by atoms with van der Waals surface area (Å²) in [6, 6.07) is 3.00. The molecule has 2 nitrogen and oxygen atoms in total. The van der Waals surface area contributed by atoms with Crippen LogP contribution in [0.4, 0.5) is 26.3 Å². The summed E-state index contributed by atoms with van der Waals surface area (Å²) in [7, 11) is 0. The standard InChI is InChI=1S/C24H22F6O2/c1-2-31-17-3-5-18(6-4-17)32-24(29,30)16-11-21(27)23(22(28)12-16)15-7-13-9-19(25)20(26)10-14(13)8-15/h7,9-12,17-18H,2-6,8H2,1H3. The summed E-state index contributed by atoms with van der Waals surface area (Å²) in [4.78, 5) is 0. The van der Waals surface area contributed by atoms with E-state index in [-0.39, 0.29) is 23.7 Å². The minimum Gasteiger partial charge on any atom is -0.379 e. The predicted octanol–water partition coefficient (Wildman–Crippen LogP) is 6.75. The van der Waals surface area contributed by atoms with Crippen LogP contribution in [0.15, 0.2) is 24.3 Å². The zero-order valence-corrected chi connectivity index (χ0v) is 17.4. The van der Waals surface area contributed by atoms with Gasteiger partial charge in [0.25, 0.3) is 0 Å². The van der Waals surface area contributed by atoms with Gasteiger partial charge in [-0.15, -0.1) is 0 Å². The normalized spacial score (nSPS) is 20.9. The second-order valence-electron chi connectivity index (χ2n) is 8.12. The van der Waals surface area contributed by atoms with Crippen molar-refractivity contribution in [1.82, 2.24) is 0 Å². The molecule has 0 aromatic heterocycles. The van der Waals surface area contributed by atoms with Crippen LogP contribution < -0.4 is 0 Å². The molecule has 1 fully saturated rings. The molecule has 0 radical (unpaired) electrons. The Balaban J connectivity index is 1.52. The van der Waals surface area contributed by atoms with Crippen molar-refractivity contribution in [2.75, 3.05) is 6.61 Å². The smallest absolute Gasteiger partial charge is 0.379 e. The third kappa shape index (κ3) is 4.57. The Bertz CT molecular complexity index is 1020. The van der Waals surface area contributed by atoms with Gasteiger partial charge in [0, 0.05) is 12.2 Å². The Morgan fingerprint density at radius 3 is 2.06 bits per heavy atom. The molecule has 172 valence electrons. The van der Waals surface area contributed by atoms with E-state index < -0.39 is 46.6 Å². The van der Waals surface area contributed by atoms with Crippen molar-refractivity contribution in [2.24, 2.45) is 0 Å². The van der Waals surface area contributed by atoms with Gasteiger partial charge in [0.1, 0.15) is 11.6 Å². The molecule has 32 heavy (non-hydrogen) atoms. The molecule has 0 N–H and O–H groups in total. The minimum absolute atomic E-state index is 0.00778. The maximum absolute atomic E-state index is 14.8. The van der Waals surface area contributed by atoms with Crippen molar-refractivity contribution >= 4 is 11.6 Å². The van der Waals surface area contributed by atoms with Crippen molar-refractivity contribution in [3.8, 4) is 0 Å². The lowest BCUT2D eigenvalue weighted by Gasteiger charge is -2.31. The predicted molar refractivity (Wildman–Crippen MR) is 107 cm³/mol. The van der Waals surface area contributed by atoms with Crippen LogP contribution in [0.2, 0.25) is 0 Å². The van der Waals surface area contributed by atoms with E-state index in [1.807, 2.05) is 6.92 Å². The topological polar surface area (TPSA) is 18.5 Å². The van der Waals surface area contributed by atoms with Crippen LogP contribution >= 0.6 is 0 Å². The summed E-state index contributed by atoms with van der Waals surface area (Å²) in [5.74, 6) is -4.53. The minimum atomic E-state index is -3.87. The van der Waals surface area contributed by atoms with Crippen LogP contribution in [-0.4, -0.2) is 18.8 Å². The summed E-state index contributed by atoms with van der Waals surface area (Å²) >= 11 is 0. The SMILES string of the molecule is CCOC1CCC(OC(F)(F)c2cc(F)c(C3=Cc4cc(F)c(F)cc4C3)c(F)c2)CC1. The second kappa shape index (κ2) is 8.90. The third-order valence-electron chi connectivity index (χ3n) is 5.93. The molecule has 0 unspecified atom stereocenters. The van der Waals surface area contributed by atoms with Crippen LogP contribution in [0, 0.1) is 23.3 Å². The molecule has 0 amide bonds. The number of alkyl halides is 2. The van der Waals surface area contributed by atoms with E-state index in [0.717, 1.165) is 12.1 Å². The highest BCUT2D eigenvalue weighted by Crippen LogP contribution is 2.39. The summed E-state index contributed by atoms with van der Waals surface area (Å²) in [5.41, 5.74) is -0.656. The van der Waals surface area contributed by atoms with E-state index in [9.17, 15) is 26.3 Å². The first-order valence-electron chi connectivity index (χ1n) is 10.5. The molecule has 0 heterocycles. The van der Waals surface area contributed by atoms with Crippen molar-refractivity contribution in [3.05, 3.63) is 69.8 Å². The molecule has 0 aliphatic heterocycles. The molecule has 0 saturated heterocycles. The number of ether oxygens (including phenoxy) is 2. The van der Waals surface area contributed by atoms with Gasteiger partial charge in [-0.1, -0.05) is 6.08 Å². The number of allylic oxidation sites excluding steroid dienone is 1. The first-order valence-corrected chi connectivity index (χ1v) is 10.5. The van der Waals surface area contributed by atoms with Gasteiger partial charge in [-0.25, -0.2) is 17.6 Å². The second-order valence-corrected chi connectivity index (χ2v) is 8.12. The Kier molecular flexibility index (Phi) is 6.36.